The molecule has 0 saturated heterocycles. The molecule has 5 aromatic rings. The van der Waals surface area contributed by atoms with Gasteiger partial charge >= 0.3 is 0 Å². The number of fused-ring (bicyclic) bond motifs is 2. The van der Waals surface area contributed by atoms with Gasteiger partial charge in [-0.2, -0.15) is 0 Å². The Hall–Kier alpha value is -3.58. The van der Waals surface area contributed by atoms with Crippen molar-refractivity contribution >= 4 is 21.5 Å². The van der Waals surface area contributed by atoms with E-state index in [-0.39, 0.29) is 0 Å². The highest BCUT2D eigenvalue weighted by molar-refractivity contribution is 6.22. The Kier molecular flexibility index (Phi) is 5.41. The lowest BCUT2D eigenvalue weighted by Crippen LogP contribution is -1.99. The number of hydrogen-bond acceptors (Lipinski definition) is 1. The van der Waals surface area contributed by atoms with Gasteiger partial charge in [0, 0.05) is 10.9 Å². The first-order valence-electron chi connectivity index (χ1n) is 11.1. The highest BCUT2D eigenvalue weighted by atomic mass is 16.5. The topological polar surface area (TPSA) is 9.23 Å². The van der Waals surface area contributed by atoms with Crippen LogP contribution >= 0.6 is 0 Å². The number of unbranched alkanes of at least 4 members (excludes halogenated alkanes) is 1. The Balaban J connectivity index is 1.94. The summed E-state index contributed by atoms with van der Waals surface area (Å²) in [5, 5.41) is 4.96. The Morgan fingerprint density at radius 1 is 0.548 bits per heavy atom. The summed E-state index contributed by atoms with van der Waals surface area (Å²) in [4.78, 5) is 0. The van der Waals surface area contributed by atoms with Crippen molar-refractivity contribution < 1.29 is 4.74 Å². The molecule has 0 atom stereocenters. The van der Waals surface area contributed by atoms with Crippen molar-refractivity contribution in [2.75, 3.05) is 6.61 Å². The predicted molar refractivity (Wildman–Crippen MR) is 133 cm³/mol. The van der Waals surface area contributed by atoms with E-state index >= 15 is 0 Å². The van der Waals surface area contributed by atoms with Gasteiger partial charge in [0.2, 0.25) is 0 Å². The quantitative estimate of drug-likeness (QED) is 0.204. The highest BCUT2D eigenvalue weighted by Gasteiger charge is 2.19. The molecule has 0 amide bonds. The maximum Gasteiger partial charge on any atom is 0.127 e. The van der Waals surface area contributed by atoms with E-state index in [9.17, 15) is 0 Å². The monoisotopic (exact) mass is 402 g/mol. The second-order valence-electron chi connectivity index (χ2n) is 7.91. The number of rotatable bonds is 6. The van der Waals surface area contributed by atoms with Gasteiger partial charge in [0.15, 0.2) is 0 Å². The molecule has 152 valence electrons. The third kappa shape index (κ3) is 3.57. The molecule has 1 heteroatoms. The van der Waals surface area contributed by atoms with Crippen LogP contribution in [0.2, 0.25) is 0 Å². The van der Waals surface area contributed by atoms with Crippen LogP contribution < -0.4 is 4.74 Å². The first kappa shape index (κ1) is 19.4. The summed E-state index contributed by atoms with van der Waals surface area (Å²) in [6.07, 6.45) is 2.17. The predicted octanol–water partition coefficient (Wildman–Crippen LogP) is 8.51. The number of hydrogen-bond donors (Lipinski definition) is 0. The van der Waals surface area contributed by atoms with E-state index in [1.807, 2.05) is 0 Å². The van der Waals surface area contributed by atoms with Crippen molar-refractivity contribution in [3.8, 4) is 28.0 Å². The lowest BCUT2D eigenvalue weighted by atomic mass is 9.85. The molecule has 0 bridgehead atoms. The van der Waals surface area contributed by atoms with Crippen LogP contribution in [-0.4, -0.2) is 6.61 Å². The third-order valence-corrected chi connectivity index (χ3v) is 5.89. The van der Waals surface area contributed by atoms with Gasteiger partial charge in [0.05, 0.1) is 6.61 Å². The summed E-state index contributed by atoms with van der Waals surface area (Å²) < 4.78 is 6.36. The molecular formula is C30H26O. The van der Waals surface area contributed by atoms with Gasteiger partial charge < -0.3 is 4.74 Å². The summed E-state index contributed by atoms with van der Waals surface area (Å²) in [6.45, 7) is 2.93. The normalized spacial score (nSPS) is 11.1. The first-order chi connectivity index (χ1) is 15.4. The maximum atomic E-state index is 6.36. The molecule has 31 heavy (non-hydrogen) atoms. The van der Waals surface area contributed by atoms with E-state index in [2.05, 4.69) is 110 Å². The van der Waals surface area contributed by atoms with Gasteiger partial charge in [0.25, 0.3) is 0 Å². The van der Waals surface area contributed by atoms with Crippen molar-refractivity contribution in [2.45, 2.75) is 19.8 Å². The molecule has 0 aromatic heterocycles. The molecule has 1 nitrogen and oxygen atoms in total. The van der Waals surface area contributed by atoms with Crippen molar-refractivity contribution in [2.24, 2.45) is 0 Å². The fraction of sp³-hybridized carbons (Fsp3) is 0.133. The van der Waals surface area contributed by atoms with Gasteiger partial charge in [0.1, 0.15) is 5.75 Å². The average molecular weight is 403 g/mol. The smallest absolute Gasteiger partial charge is 0.127 e. The molecule has 5 aromatic carbocycles. The fourth-order valence-corrected chi connectivity index (χ4v) is 4.46. The molecule has 0 radical (unpaired) electrons. The van der Waals surface area contributed by atoms with Crippen LogP contribution in [0.3, 0.4) is 0 Å². The standard InChI is InChI=1S/C30H26O/c1-2-3-21-31-27-20-12-19-26-28(22-13-6-4-7-14-22)24-17-10-11-18-25(24)29(30(26)27)23-15-8-5-9-16-23/h4-20H,2-3,21H2,1H3. The third-order valence-electron chi connectivity index (χ3n) is 5.89. The molecule has 0 spiro atoms. The summed E-state index contributed by atoms with van der Waals surface area (Å²) in [5.41, 5.74) is 4.97. The second kappa shape index (κ2) is 8.65. The van der Waals surface area contributed by atoms with Gasteiger partial charge in [-0.3, -0.25) is 0 Å². The lowest BCUT2D eigenvalue weighted by Gasteiger charge is -2.20. The Labute approximate surface area is 183 Å². The molecule has 5 rings (SSSR count). The molecule has 0 saturated carbocycles. The van der Waals surface area contributed by atoms with E-state index < -0.39 is 0 Å². The molecular weight excluding hydrogens is 376 g/mol. The van der Waals surface area contributed by atoms with E-state index in [0.717, 1.165) is 25.2 Å². The van der Waals surface area contributed by atoms with E-state index in [0.29, 0.717) is 0 Å². The highest BCUT2D eigenvalue weighted by Crippen LogP contribution is 2.46. The Bertz CT molecular complexity index is 1320. The average Bonchev–Trinajstić information content (AvgIpc) is 2.84. The lowest BCUT2D eigenvalue weighted by molar-refractivity contribution is 0.313. The van der Waals surface area contributed by atoms with Crippen molar-refractivity contribution in [3.63, 3.8) is 0 Å². The van der Waals surface area contributed by atoms with Gasteiger partial charge in [-0.25, -0.2) is 0 Å². The zero-order valence-electron chi connectivity index (χ0n) is 17.8. The molecule has 0 N–H and O–H groups in total. The van der Waals surface area contributed by atoms with Gasteiger partial charge in [-0.05, 0) is 45.3 Å². The SMILES string of the molecule is CCCCOc1cccc2c(-c3ccccc3)c3ccccc3c(-c3ccccc3)c12. The van der Waals surface area contributed by atoms with Gasteiger partial charge in [-0.15, -0.1) is 0 Å². The first-order valence-corrected chi connectivity index (χ1v) is 11.1. The summed E-state index contributed by atoms with van der Waals surface area (Å²) in [5.74, 6) is 0.965. The Morgan fingerprint density at radius 2 is 1.10 bits per heavy atom. The zero-order chi connectivity index (χ0) is 21.0. The second-order valence-corrected chi connectivity index (χ2v) is 7.91. The molecule has 0 fully saturated rings. The van der Waals surface area contributed by atoms with E-state index in [1.54, 1.807) is 0 Å². The molecule has 0 aliphatic carbocycles. The van der Waals surface area contributed by atoms with Crippen LogP contribution in [0.15, 0.2) is 103 Å². The minimum atomic E-state index is 0.733. The molecule has 0 unspecified atom stereocenters. The van der Waals surface area contributed by atoms with Gasteiger partial charge in [-0.1, -0.05) is 110 Å². The van der Waals surface area contributed by atoms with Crippen LogP contribution in [0, 0.1) is 0 Å². The Morgan fingerprint density at radius 3 is 1.74 bits per heavy atom. The van der Waals surface area contributed by atoms with Crippen LogP contribution in [0.1, 0.15) is 19.8 Å². The molecule has 0 aliphatic heterocycles. The summed E-state index contributed by atoms with van der Waals surface area (Å²) in [7, 11) is 0. The van der Waals surface area contributed by atoms with Crippen LogP contribution in [-0.2, 0) is 0 Å². The largest absolute Gasteiger partial charge is 0.493 e. The molecule has 0 heterocycles. The van der Waals surface area contributed by atoms with Crippen molar-refractivity contribution in [3.05, 3.63) is 103 Å². The molecule has 0 aliphatic rings. The minimum absolute atomic E-state index is 0.733. The number of ether oxygens (including phenoxy) is 1. The van der Waals surface area contributed by atoms with Crippen LogP contribution in [0.25, 0.3) is 43.8 Å². The van der Waals surface area contributed by atoms with E-state index in [4.69, 9.17) is 4.74 Å². The summed E-state index contributed by atoms with van der Waals surface area (Å²) in [6, 6.07) is 36.6. The van der Waals surface area contributed by atoms with Crippen molar-refractivity contribution in [1.82, 2.24) is 0 Å². The minimum Gasteiger partial charge on any atom is -0.493 e. The van der Waals surface area contributed by atoms with Crippen LogP contribution in [0.4, 0.5) is 0 Å². The fourth-order valence-electron chi connectivity index (χ4n) is 4.46. The zero-order valence-corrected chi connectivity index (χ0v) is 17.8. The summed E-state index contributed by atoms with van der Waals surface area (Å²) >= 11 is 0. The number of benzene rings is 5. The van der Waals surface area contributed by atoms with E-state index in [1.165, 1.54) is 43.8 Å². The van der Waals surface area contributed by atoms with Crippen LogP contribution in [0.5, 0.6) is 5.75 Å². The van der Waals surface area contributed by atoms with Crippen molar-refractivity contribution in [1.29, 1.82) is 0 Å². The maximum absolute atomic E-state index is 6.36.